The van der Waals surface area contributed by atoms with E-state index in [9.17, 15) is 28.5 Å². The minimum atomic E-state index is -1.16. The van der Waals surface area contributed by atoms with Crippen LogP contribution < -0.4 is 5.32 Å². The molecule has 0 unspecified atom stereocenters. The van der Waals surface area contributed by atoms with E-state index in [1.807, 2.05) is 0 Å². The molecule has 0 saturated carbocycles. The summed E-state index contributed by atoms with van der Waals surface area (Å²) in [7, 11) is 1.01. The first-order chi connectivity index (χ1) is 11.7. The van der Waals surface area contributed by atoms with Gasteiger partial charge in [0, 0.05) is 17.7 Å². The summed E-state index contributed by atoms with van der Waals surface area (Å²) in [5.41, 5.74) is -1.77. The third-order valence-corrected chi connectivity index (χ3v) is 3.43. The van der Waals surface area contributed by atoms with Gasteiger partial charge in [-0.25, -0.2) is 13.6 Å². The number of amides is 1. The Balaban J connectivity index is 2.36. The highest BCUT2D eigenvalue weighted by Gasteiger charge is 2.20. The quantitative estimate of drug-likeness (QED) is 0.504. The van der Waals surface area contributed by atoms with Gasteiger partial charge in [0.15, 0.2) is 0 Å². The Bertz CT molecular complexity index is 888. The fraction of sp³-hybridized carbons (Fsp3) is 0.0667. The molecule has 0 atom stereocenters. The van der Waals surface area contributed by atoms with E-state index >= 15 is 0 Å². The zero-order valence-corrected chi connectivity index (χ0v) is 13.3. The molecule has 0 radical (unpaired) electrons. The van der Waals surface area contributed by atoms with Crippen LogP contribution in [0.5, 0.6) is 0 Å². The summed E-state index contributed by atoms with van der Waals surface area (Å²) in [4.78, 5) is 33.6. The molecule has 0 fully saturated rings. The number of nitro benzene ring substituents is 1. The van der Waals surface area contributed by atoms with Crippen LogP contribution in [0.15, 0.2) is 30.3 Å². The van der Waals surface area contributed by atoms with Crippen LogP contribution in [-0.2, 0) is 4.74 Å². The number of hydrogen-bond donors (Lipinski definition) is 1. The predicted octanol–water partition coefficient (Wildman–Crippen LogP) is 3.57. The highest BCUT2D eigenvalue weighted by Crippen LogP contribution is 2.26. The monoisotopic (exact) mass is 370 g/mol. The molecular formula is C15H9ClF2N2O5. The van der Waals surface area contributed by atoms with E-state index in [4.69, 9.17) is 11.6 Å². The van der Waals surface area contributed by atoms with Crippen molar-refractivity contribution in [1.29, 1.82) is 0 Å². The number of esters is 1. The highest BCUT2D eigenvalue weighted by molar-refractivity contribution is 6.32. The number of nitrogens with zero attached hydrogens (tertiary/aromatic N) is 1. The van der Waals surface area contributed by atoms with Crippen LogP contribution in [0.4, 0.5) is 20.2 Å². The lowest BCUT2D eigenvalue weighted by atomic mass is 10.1. The van der Waals surface area contributed by atoms with Gasteiger partial charge in [0.05, 0.1) is 23.3 Å². The Hall–Kier alpha value is -3.07. The Morgan fingerprint density at radius 3 is 2.48 bits per heavy atom. The molecule has 25 heavy (non-hydrogen) atoms. The first-order valence-electron chi connectivity index (χ1n) is 6.57. The van der Waals surface area contributed by atoms with Gasteiger partial charge in [-0.15, -0.1) is 0 Å². The van der Waals surface area contributed by atoms with E-state index in [2.05, 4.69) is 10.1 Å². The van der Waals surface area contributed by atoms with Crippen molar-refractivity contribution in [2.24, 2.45) is 0 Å². The van der Waals surface area contributed by atoms with Crippen molar-refractivity contribution >= 4 is 34.9 Å². The van der Waals surface area contributed by atoms with Gasteiger partial charge < -0.3 is 10.1 Å². The average molecular weight is 371 g/mol. The van der Waals surface area contributed by atoms with Crippen molar-refractivity contribution in [2.75, 3.05) is 12.4 Å². The maximum Gasteiger partial charge on any atom is 0.340 e. The van der Waals surface area contributed by atoms with Crippen molar-refractivity contribution in [3.63, 3.8) is 0 Å². The van der Waals surface area contributed by atoms with Crippen LogP contribution in [0.2, 0.25) is 5.02 Å². The van der Waals surface area contributed by atoms with Gasteiger partial charge >= 0.3 is 5.97 Å². The van der Waals surface area contributed by atoms with Crippen molar-refractivity contribution in [2.45, 2.75) is 0 Å². The lowest BCUT2D eigenvalue weighted by Crippen LogP contribution is -2.15. The molecule has 2 aromatic rings. The molecule has 0 spiro atoms. The van der Waals surface area contributed by atoms with Crippen molar-refractivity contribution < 1.29 is 28.0 Å². The zero-order chi connectivity index (χ0) is 18.7. The molecule has 0 aromatic heterocycles. The lowest BCUT2D eigenvalue weighted by molar-refractivity contribution is -0.384. The fourth-order valence-electron chi connectivity index (χ4n) is 1.90. The Morgan fingerprint density at radius 1 is 1.20 bits per heavy atom. The molecule has 1 amide bonds. The first kappa shape index (κ1) is 18.3. The average Bonchev–Trinajstić information content (AvgIpc) is 2.56. The summed E-state index contributed by atoms with van der Waals surface area (Å²) in [6, 6.07) is 4.40. The van der Waals surface area contributed by atoms with Gasteiger partial charge in [-0.3, -0.25) is 14.9 Å². The molecule has 0 bridgehead atoms. The summed E-state index contributed by atoms with van der Waals surface area (Å²) < 4.78 is 31.7. The first-order valence-corrected chi connectivity index (χ1v) is 6.95. The summed E-state index contributed by atoms with van der Waals surface area (Å²) >= 11 is 5.64. The minimum absolute atomic E-state index is 0.178. The number of methoxy groups -OCH3 is 1. The number of hydrogen-bond acceptors (Lipinski definition) is 5. The summed E-state index contributed by atoms with van der Waals surface area (Å²) in [6.45, 7) is 0. The van der Waals surface area contributed by atoms with Gasteiger partial charge in [-0.2, -0.15) is 0 Å². The highest BCUT2D eigenvalue weighted by atomic mass is 35.5. The maximum atomic E-state index is 13.8. The third-order valence-electron chi connectivity index (χ3n) is 3.12. The minimum Gasteiger partial charge on any atom is -0.465 e. The number of benzene rings is 2. The molecule has 10 heteroatoms. The SMILES string of the molecule is COC(=O)c1cc(NC(=O)c2ccc(Cl)c([N+](=O)[O-])c2)c(F)cc1F. The van der Waals surface area contributed by atoms with E-state index in [-0.39, 0.29) is 10.6 Å². The number of nitrogens with one attached hydrogen (secondary N) is 1. The molecule has 0 saturated heterocycles. The Morgan fingerprint density at radius 2 is 1.88 bits per heavy atom. The molecule has 2 aromatic carbocycles. The molecule has 0 aliphatic rings. The van der Waals surface area contributed by atoms with Crippen LogP contribution in [0, 0.1) is 21.7 Å². The van der Waals surface area contributed by atoms with Crippen molar-refractivity contribution in [3.8, 4) is 0 Å². The zero-order valence-electron chi connectivity index (χ0n) is 12.5. The normalized spacial score (nSPS) is 10.2. The van der Waals surface area contributed by atoms with Crippen LogP contribution in [0.1, 0.15) is 20.7 Å². The second kappa shape index (κ2) is 7.22. The van der Waals surface area contributed by atoms with Crippen LogP contribution in [0.3, 0.4) is 0 Å². The lowest BCUT2D eigenvalue weighted by Gasteiger charge is -2.09. The van der Waals surface area contributed by atoms with Crippen molar-refractivity contribution in [3.05, 3.63) is 68.2 Å². The summed E-state index contributed by atoms with van der Waals surface area (Å²) in [6.07, 6.45) is 0. The van der Waals surface area contributed by atoms with E-state index < -0.39 is 45.4 Å². The number of carbonyl (C=O) groups excluding carboxylic acids is 2. The topological polar surface area (TPSA) is 98.5 Å². The largest absolute Gasteiger partial charge is 0.465 e. The van der Waals surface area contributed by atoms with Crippen LogP contribution in [-0.4, -0.2) is 23.9 Å². The van der Waals surface area contributed by atoms with E-state index in [0.29, 0.717) is 6.07 Å². The number of ether oxygens (including phenoxy) is 1. The fourth-order valence-corrected chi connectivity index (χ4v) is 2.09. The molecule has 0 aliphatic heterocycles. The predicted molar refractivity (Wildman–Crippen MR) is 83.8 cm³/mol. The number of nitro groups is 1. The van der Waals surface area contributed by atoms with Crippen LogP contribution in [0.25, 0.3) is 0 Å². The molecular weight excluding hydrogens is 362 g/mol. The number of rotatable bonds is 4. The summed E-state index contributed by atoms with van der Waals surface area (Å²) in [5, 5.41) is 12.8. The Labute approximate surface area is 144 Å². The van der Waals surface area contributed by atoms with Gasteiger partial charge in [0.25, 0.3) is 11.6 Å². The van der Waals surface area contributed by atoms with Crippen molar-refractivity contribution in [1.82, 2.24) is 0 Å². The third kappa shape index (κ3) is 3.89. The Kier molecular flexibility index (Phi) is 5.28. The molecule has 0 heterocycles. The molecule has 1 N–H and O–H groups in total. The van der Waals surface area contributed by atoms with Gasteiger partial charge in [-0.05, 0) is 18.2 Å². The molecule has 2 rings (SSSR count). The van der Waals surface area contributed by atoms with E-state index in [0.717, 1.165) is 25.3 Å². The summed E-state index contributed by atoms with van der Waals surface area (Å²) in [5.74, 6) is -4.28. The second-order valence-corrected chi connectivity index (χ2v) is 5.09. The molecule has 130 valence electrons. The van der Waals surface area contributed by atoms with Gasteiger partial charge in [0.2, 0.25) is 0 Å². The smallest absolute Gasteiger partial charge is 0.340 e. The standard InChI is InChI=1S/C15H9ClF2N2O5/c1-25-15(22)8-5-12(11(18)6-10(8)17)19-14(21)7-2-3-9(16)13(4-7)20(23)24/h2-6H,1H3,(H,19,21). The maximum absolute atomic E-state index is 13.8. The molecule has 0 aliphatic carbocycles. The number of halogens is 3. The van der Waals surface area contributed by atoms with Gasteiger partial charge in [-0.1, -0.05) is 11.6 Å². The van der Waals surface area contributed by atoms with E-state index in [1.165, 1.54) is 6.07 Å². The number of carbonyl (C=O) groups is 2. The van der Waals surface area contributed by atoms with Gasteiger partial charge in [0.1, 0.15) is 16.7 Å². The number of anilines is 1. The van der Waals surface area contributed by atoms with Crippen LogP contribution >= 0.6 is 11.6 Å². The molecule has 7 nitrogen and oxygen atoms in total. The van der Waals surface area contributed by atoms with E-state index in [1.54, 1.807) is 0 Å². The second-order valence-electron chi connectivity index (χ2n) is 4.68.